The van der Waals surface area contributed by atoms with Crippen LogP contribution in [0.4, 0.5) is 0 Å². The summed E-state index contributed by atoms with van der Waals surface area (Å²) in [6.45, 7) is 3.16. The van der Waals surface area contributed by atoms with Gasteiger partial charge in [0.15, 0.2) is 0 Å². The van der Waals surface area contributed by atoms with Gasteiger partial charge in [-0.05, 0) is 55.8 Å². The number of rotatable bonds is 4. The summed E-state index contributed by atoms with van der Waals surface area (Å²) in [6.07, 6.45) is 6.58. The van der Waals surface area contributed by atoms with Crippen LogP contribution in [0.2, 0.25) is 0 Å². The normalized spacial score (nSPS) is 27.5. The Balaban J connectivity index is 1.85. The molecule has 0 radical (unpaired) electrons. The first kappa shape index (κ1) is 13.1. The summed E-state index contributed by atoms with van der Waals surface area (Å²) in [5.41, 5.74) is 4.59. The van der Waals surface area contributed by atoms with Gasteiger partial charge in [0, 0.05) is 18.6 Å². The van der Waals surface area contributed by atoms with Gasteiger partial charge in [-0.1, -0.05) is 25.1 Å². The monoisotopic (exact) mass is 259 g/mol. The van der Waals surface area contributed by atoms with Crippen molar-refractivity contribution in [1.29, 1.82) is 0 Å². The zero-order valence-electron chi connectivity index (χ0n) is 12.1. The van der Waals surface area contributed by atoms with E-state index in [0.717, 1.165) is 13.0 Å². The molecule has 1 aliphatic carbocycles. The van der Waals surface area contributed by atoms with Crippen LogP contribution in [-0.4, -0.2) is 19.8 Å². The highest BCUT2D eigenvalue weighted by Gasteiger charge is 2.33. The van der Waals surface area contributed by atoms with Gasteiger partial charge < -0.3 is 10.1 Å². The quantitative estimate of drug-likeness (QED) is 0.896. The molecule has 1 saturated heterocycles. The lowest BCUT2D eigenvalue weighted by molar-refractivity contribution is 0.0782. The van der Waals surface area contributed by atoms with Gasteiger partial charge in [0.05, 0.1) is 6.10 Å². The first-order valence-corrected chi connectivity index (χ1v) is 7.74. The minimum Gasteiger partial charge on any atom is -0.378 e. The molecule has 0 amide bonds. The van der Waals surface area contributed by atoms with E-state index in [0.29, 0.717) is 18.1 Å². The van der Waals surface area contributed by atoms with Crippen LogP contribution in [-0.2, 0) is 17.6 Å². The van der Waals surface area contributed by atoms with Gasteiger partial charge in [-0.2, -0.15) is 0 Å². The van der Waals surface area contributed by atoms with Crippen molar-refractivity contribution in [3.05, 3.63) is 34.9 Å². The third-order valence-electron chi connectivity index (χ3n) is 4.88. The molecule has 1 N–H and O–H groups in total. The van der Waals surface area contributed by atoms with E-state index >= 15 is 0 Å². The van der Waals surface area contributed by atoms with E-state index in [1.54, 1.807) is 11.1 Å². The molecule has 2 aliphatic rings. The molecule has 1 aromatic carbocycles. The fourth-order valence-corrected chi connectivity index (χ4v) is 3.88. The number of fused-ring (bicyclic) bond motifs is 1. The largest absolute Gasteiger partial charge is 0.378 e. The minimum atomic E-state index is 0.422. The molecule has 19 heavy (non-hydrogen) atoms. The number of hydrogen-bond acceptors (Lipinski definition) is 2. The third-order valence-corrected chi connectivity index (χ3v) is 4.88. The Labute approximate surface area is 116 Å². The Hall–Kier alpha value is -0.860. The molecule has 1 heterocycles. The summed E-state index contributed by atoms with van der Waals surface area (Å²) >= 11 is 0. The summed E-state index contributed by atoms with van der Waals surface area (Å²) < 4.78 is 5.87. The van der Waals surface area contributed by atoms with Gasteiger partial charge in [0.25, 0.3) is 0 Å². The number of ether oxygens (including phenoxy) is 1. The molecule has 3 unspecified atom stereocenters. The van der Waals surface area contributed by atoms with Crippen molar-refractivity contribution in [2.75, 3.05) is 13.7 Å². The highest BCUT2D eigenvalue weighted by molar-refractivity contribution is 5.37. The Morgan fingerprint density at radius 3 is 2.95 bits per heavy atom. The first-order chi connectivity index (χ1) is 9.33. The van der Waals surface area contributed by atoms with Crippen LogP contribution < -0.4 is 5.32 Å². The van der Waals surface area contributed by atoms with Crippen LogP contribution in [0.3, 0.4) is 0 Å². The summed E-state index contributed by atoms with van der Waals surface area (Å²) in [7, 11) is 2.09. The van der Waals surface area contributed by atoms with Gasteiger partial charge in [0.2, 0.25) is 0 Å². The number of benzene rings is 1. The molecule has 0 spiro atoms. The number of hydrogen-bond donors (Lipinski definition) is 1. The van der Waals surface area contributed by atoms with E-state index in [1.807, 2.05) is 0 Å². The Kier molecular flexibility index (Phi) is 3.90. The van der Waals surface area contributed by atoms with Crippen LogP contribution in [0.5, 0.6) is 0 Å². The minimum absolute atomic E-state index is 0.422. The Morgan fingerprint density at radius 1 is 1.32 bits per heavy atom. The predicted molar refractivity (Wildman–Crippen MR) is 78.4 cm³/mol. The van der Waals surface area contributed by atoms with E-state index in [9.17, 15) is 0 Å². The standard InChI is InChI=1S/C17H25NO/c1-3-16-15(9-10-19-16)17(18-2)14-8-7-12-5-4-6-13(12)11-14/h7-8,11,15-18H,3-6,9-10H2,1-2H3. The van der Waals surface area contributed by atoms with Crippen LogP contribution in [0.15, 0.2) is 18.2 Å². The second-order valence-corrected chi connectivity index (χ2v) is 5.92. The molecule has 3 atom stereocenters. The van der Waals surface area contributed by atoms with E-state index in [4.69, 9.17) is 4.74 Å². The average molecular weight is 259 g/mol. The lowest BCUT2D eigenvalue weighted by Crippen LogP contribution is -2.30. The van der Waals surface area contributed by atoms with Gasteiger partial charge >= 0.3 is 0 Å². The van der Waals surface area contributed by atoms with Crippen molar-refractivity contribution in [2.24, 2.45) is 5.92 Å². The fraction of sp³-hybridized carbons (Fsp3) is 0.647. The van der Waals surface area contributed by atoms with Gasteiger partial charge in [-0.3, -0.25) is 0 Å². The maximum atomic E-state index is 5.87. The first-order valence-electron chi connectivity index (χ1n) is 7.74. The van der Waals surface area contributed by atoms with E-state index in [1.165, 1.54) is 31.2 Å². The second kappa shape index (κ2) is 5.64. The summed E-state index contributed by atoms with van der Waals surface area (Å²) in [6, 6.07) is 7.56. The second-order valence-electron chi connectivity index (χ2n) is 5.92. The highest BCUT2D eigenvalue weighted by atomic mass is 16.5. The Morgan fingerprint density at radius 2 is 2.16 bits per heavy atom. The third kappa shape index (κ3) is 2.44. The molecule has 2 heteroatoms. The van der Waals surface area contributed by atoms with Gasteiger partial charge in [-0.15, -0.1) is 0 Å². The summed E-state index contributed by atoms with van der Waals surface area (Å²) in [5.74, 6) is 0.620. The molecular weight excluding hydrogens is 234 g/mol. The number of nitrogens with one attached hydrogen (secondary N) is 1. The van der Waals surface area contributed by atoms with Crippen LogP contribution in [0, 0.1) is 5.92 Å². The zero-order chi connectivity index (χ0) is 13.2. The highest BCUT2D eigenvalue weighted by Crippen LogP contribution is 2.36. The van der Waals surface area contributed by atoms with Crippen LogP contribution in [0.1, 0.15) is 48.9 Å². The average Bonchev–Trinajstić information content (AvgIpc) is 3.07. The van der Waals surface area contributed by atoms with E-state index < -0.39 is 0 Å². The lowest BCUT2D eigenvalue weighted by Gasteiger charge is -2.27. The molecule has 104 valence electrons. The fourth-order valence-electron chi connectivity index (χ4n) is 3.88. The maximum Gasteiger partial charge on any atom is 0.0619 e. The Bertz CT molecular complexity index is 443. The van der Waals surface area contributed by atoms with Crippen molar-refractivity contribution in [2.45, 2.75) is 51.2 Å². The van der Waals surface area contributed by atoms with Crippen molar-refractivity contribution in [1.82, 2.24) is 5.32 Å². The molecular formula is C17H25NO. The number of aryl methyl sites for hydroxylation is 2. The van der Waals surface area contributed by atoms with E-state index in [-0.39, 0.29) is 0 Å². The molecule has 1 fully saturated rings. The molecule has 0 bridgehead atoms. The molecule has 1 aromatic rings. The molecule has 3 rings (SSSR count). The smallest absolute Gasteiger partial charge is 0.0619 e. The van der Waals surface area contributed by atoms with Crippen molar-refractivity contribution in [3.63, 3.8) is 0 Å². The zero-order valence-corrected chi connectivity index (χ0v) is 12.1. The topological polar surface area (TPSA) is 21.3 Å². The van der Waals surface area contributed by atoms with Gasteiger partial charge in [-0.25, -0.2) is 0 Å². The molecule has 2 nitrogen and oxygen atoms in total. The molecule has 1 aliphatic heterocycles. The van der Waals surface area contributed by atoms with Gasteiger partial charge in [0.1, 0.15) is 0 Å². The van der Waals surface area contributed by atoms with Crippen molar-refractivity contribution < 1.29 is 4.74 Å². The summed E-state index contributed by atoms with van der Waals surface area (Å²) in [4.78, 5) is 0. The van der Waals surface area contributed by atoms with Crippen molar-refractivity contribution in [3.8, 4) is 0 Å². The lowest BCUT2D eigenvalue weighted by atomic mass is 9.86. The van der Waals surface area contributed by atoms with Crippen molar-refractivity contribution >= 4 is 0 Å². The van der Waals surface area contributed by atoms with E-state index in [2.05, 4.69) is 37.5 Å². The molecule has 0 aromatic heterocycles. The SMILES string of the molecule is CCC1OCCC1C(NC)c1ccc2c(c1)CCC2. The summed E-state index contributed by atoms with van der Waals surface area (Å²) in [5, 5.41) is 3.54. The molecule has 0 saturated carbocycles. The van der Waals surface area contributed by atoms with Crippen LogP contribution in [0.25, 0.3) is 0 Å². The van der Waals surface area contributed by atoms with Crippen LogP contribution >= 0.6 is 0 Å². The maximum absolute atomic E-state index is 5.87. The predicted octanol–water partition coefficient (Wildman–Crippen LogP) is 3.25.